The fourth-order valence-electron chi connectivity index (χ4n) is 2.95. The lowest BCUT2D eigenvalue weighted by Gasteiger charge is -2.11. The van der Waals surface area contributed by atoms with Crippen molar-refractivity contribution >= 4 is 11.7 Å². The van der Waals surface area contributed by atoms with Gasteiger partial charge in [-0.1, -0.05) is 18.2 Å². The zero-order valence-corrected chi connectivity index (χ0v) is 15.7. The Kier molecular flexibility index (Phi) is 5.71. The number of nitrogens with one attached hydrogen (secondary N) is 2. The van der Waals surface area contributed by atoms with Crippen LogP contribution < -0.4 is 15.4 Å². The molecule has 27 heavy (non-hydrogen) atoms. The lowest BCUT2D eigenvalue weighted by atomic mass is 10.1. The normalized spacial score (nSPS) is 10.5. The standard InChI is InChI=1S/C20H23N5O2/c1-14-16(15(2)25(24-14)19-10-6-7-12-21-19)11-13-22-20(26)23-17-8-4-5-9-18(17)27-3/h4-10,12H,11,13H2,1-3H3,(H2,22,23,26). The van der Waals surface area contributed by atoms with Crippen LogP contribution in [0.3, 0.4) is 0 Å². The number of aromatic nitrogens is 3. The highest BCUT2D eigenvalue weighted by Crippen LogP contribution is 2.22. The second-order valence-corrected chi connectivity index (χ2v) is 6.08. The summed E-state index contributed by atoms with van der Waals surface area (Å²) in [5, 5.41) is 10.3. The van der Waals surface area contributed by atoms with Gasteiger partial charge in [-0.05, 0) is 50.1 Å². The first kappa shape index (κ1) is 18.4. The molecule has 2 N–H and O–H groups in total. The lowest BCUT2D eigenvalue weighted by molar-refractivity contribution is 0.252. The van der Waals surface area contributed by atoms with Crippen LogP contribution in [0.5, 0.6) is 5.75 Å². The van der Waals surface area contributed by atoms with Gasteiger partial charge >= 0.3 is 6.03 Å². The van der Waals surface area contributed by atoms with Gasteiger partial charge in [0.2, 0.25) is 0 Å². The van der Waals surface area contributed by atoms with E-state index in [2.05, 4.69) is 20.7 Å². The molecule has 0 bridgehead atoms. The number of rotatable bonds is 6. The first-order chi connectivity index (χ1) is 13.1. The van der Waals surface area contributed by atoms with E-state index < -0.39 is 0 Å². The van der Waals surface area contributed by atoms with Crippen molar-refractivity contribution < 1.29 is 9.53 Å². The maximum absolute atomic E-state index is 12.2. The minimum Gasteiger partial charge on any atom is -0.495 e. The summed E-state index contributed by atoms with van der Waals surface area (Å²) >= 11 is 0. The molecule has 0 unspecified atom stereocenters. The van der Waals surface area contributed by atoms with E-state index in [1.54, 1.807) is 25.4 Å². The molecule has 0 saturated carbocycles. The number of para-hydroxylation sites is 2. The van der Waals surface area contributed by atoms with Crippen molar-refractivity contribution in [3.8, 4) is 11.6 Å². The summed E-state index contributed by atoms with van der Waals surface area (Å²) in [5.41, 5.74) is 3.70. The van der Waals surface area contributed by atoms with Gasteiger partial charge in [-0.15, -0.1) is 0 Å². The van der Waals surface area contributed by atoms with Crippen molar-refractivity contribution in [2.45, 2.75) is 20.3 Å². The number of aryl methyl sites for hydroxylation is 1. The molecule has 2 aromatic heterocycles. The Morgan fingerprint density at radius 2 is 1.93 bits per heavy atom. The highest BCUT2D eigenvalue weighted by Gasteiger charge is 2.13. The predicted molar refractivity (Wildman–Crippen MR) is 105 cm³/mol. The van der Waals surface area contributed by atoms with Crippen molar-refractivity contribution in [2.24, 2.45) is 0 Å². The highest BCUT2D eigenvalue weighted by atomic mass is 16.5. The maximum Gasteiger partial charge on any atom is 0.319 e. The topological polar surface area (TPSA) is 81.1 Å². The average Bonchev–Trinajstić information content (AvgIpc) is 2.97. The third kappa shape index (κ3) is 4.25. The predicted octanol–water partition coefficient (Wildman–Crippen LogP) is 3.26. The Balaban J connectivity index is 1.61. The van der Waals surface area contributed by atoms with E-state index in [1.807, 2.05) is 48.9 Å². The molecule has 2 heterocycles. The summed E-state index contributed by atoms with van der Waals surface area (Å²) in [6.45, 7) is 4.48. The zero-order chi connectivity index (χ0) is 19.2. The second-order valence-electron chi connectivity index (χ2n) is 6.08. The number of anilines is 1. The van der Waals surface area contributed by atoms with Crippen LogP contribution in [0, 0.1) is 13.8 Å². The molecule has 0 aliphatic heterocycles. The molecular weight excluding hydrogens is 342 g/mol. The number of urea groups is 1. The number of carbonyl (C=O) groups is 1. The number of hydrogen-bond donors (Lipinski definition) is 2. The van der Waals surface area contributed by atoms with E-state index in [0.717, 1.165) is 22.8 Å². The summed E-state index contributed by atoms with van der Waals surface area (Å²) in [5.74, 6) is 1.40. The molecule has 1 aromatic carbocycles. The molecule has 0 saturated heterocycles. The third-order valence-corrected chi connectivity index (χ3v) is 4.32. The number of carbonyl (C=O) groups excluding carboxylic acids is 1. The van der Waals surface area contributed by atoms with Gasteiger partial charge in [-0.3, -0.25) is 0 Å². The Morgan fingerprint density at radius 1 is 1.15 bits per heavy atom. The van der Waals surface area contributed by atoms with Crippen LogP contribution in [-0.4, -0.2) is 34.5 Å². The molecule has 0 aliphatic carbocycles. The quantitative estimate of drug-likeness (QED) is 0.703. The van der Waals surface area contributed by atoms with E-state index in [1.165, 1.54) is 0 Å². The second kappa shape index (κ2) is 8.35. The molecule has 0 aliphatic rings. The van der Waals surface area contributed by atoms with Gasteiger partial charge in [0.15, 0.2) is 5.82 Å². The third-order valence-electron chi connectivity index (χ3n) is 4.32. The van der Waals surface area contributed by atoms with Crippen LogP contribution in [0.1, 0.15) is 17.0 Å². The number of amides is 2. The molecule has 0 fully saturated rings. The minimum atomic E-state index is -0.271. The smallest absolute Gasteiger partial charge is 0.319 e. The lowest BCUT2D eigenvalue weighted by Crippen LogP contribution is -2.30. The molecule has 7 nitrogen and oxygen atoms in total. The van der Waals surface area contributed by atoms with Crippen molar-refractivity contribution in [1.29, 1.82) is 0 Å². The molecule has 2 amide bonds. The van der Waals surface area contributed by atoms with E-state index >= 15 is 0 Å². The van der Waals surface area contributed by atoms with Crippen molar-refractivity contribution in [3.05, 3.63) is 65.6 Å². The summed E-state index contributed by atoms with van der Waals surface area (Å²) < 4.78 is 7.07. The summed E-state index contributed by atoms with van der Waals surface area (Å²) in [7, 11) is 1.57. The van der Waals surface area contributed by atoms with Crippen LogP contribution in [-0.2, 0) is 6.42 Å². The van der Waals surface area contributed by atoms with Crippen LogP contribution in [0.4, 0.5) is 10.5 Å². The number of hydrogen-bond acceptors (Lipinski definition) is 4. The van der Waals surface area contributed by atoms with Crippen LogP contribution in [0.15, 0.2) is 48.7 Å². The van der Waals surface area contributed by atoms with Gasteiger partial charge in [-0.25, -0.2) is 14.5 Å². The minimum absolute atomic E-state index is 0.271. The molecule has 140 valence electrons. The number of pyridine rings is 1. The van der Waals surface area contributed by atoms with E-state index in [9.17, 15) is 4.79 Å². The largest absolute Gasteiger partial charge is 0.495 e. The van der Waals surface area contributed by atoms with Crippen molar-refractivity contribution in [3.63, 3.8) is 0 Å². The molecule has 0 radical (unpaired) electrons. The van der Waals surface area contributed by atoms with Gasteiger partial charge in [-0.2, -0.15) is 5.10 Å². The number of ether oxygens (including phenoxy) is 1. The molecule has 7 heteroatoms. The van der Waals surface area contributed by atoms with Crippen LogP contribution in [0.2, 0.25) is 0 Å². The Morgan fingerprint density at radius 3 is 2.67 bits per heavy atom. The SMILES string of the molecule is COc1ccccc1NC(=O)NCCc1c(C)nn(-c2ccccn2)c1C. The van der Waals surface area contributed by atoms with Crippen molar-refractivity contribution in [1.82, 2.24) is 20.1 Å². The summed E-state index contributed by atoms with van der Waals surface area (Å²) in [6.07, 6.45) is 2.43. The summed E-state index contributed by atoms with van der Waals surface area (Å²) in [4.78, 5) is 16.5. The zero-order valence-electron chi connectivity index (χ0n) is 15.7. The molecule has 3 rings (SSSR count). The molecular formula is C20H23N5O2. The first-order valence-corrected chi connectivity index (χ1v) is 8.74. The number of benzene rings is 1. The number of nitrogens with zero attached hydrogens (tertiary/aromatic N) is 3. The first-order valence-electron chi connectivity index (χ1n) is 8.74. The summed E-state index contributed by atoms with van der Waals surface area (Å²) in [6, 6.07) is 12.7. The molecule has 0 atom stereocenters. The van der Waals surface area contributed by atoms with Gasteiger partial charge in [0.25, 0.3) is 0 Å². The van der Waals surface area contributed by atoms with Crippen LogP contribution in [0.25, 0.3) is 5.82 Å². The fraction of sp³-hybridized carbons (Fsp3) is 0.250. The monoisotopic (exact) mass is 365 g/mol. The van der Waals surface area contributed by atoms with Gasteiger partial charge in [0.1, 0.15) is 5.75 Å². The van der Waals surface area contributed by atoms with E-state index in [4.69, 9.17) is 4.74 Å². The Labute approximate surface area is 158 Å². The Bertz CT molecular complexity index is 921. The van der Waals surface area contributed by atoms with Crippen LogP contribution >= 0.6 is 0 Å². The average molecular weight is 365 g/mol. The molecule has 3 aromatic rings. The highest BCUT2D eigenvalue weighted by molar-refractivity contribution is 5.90. The van der Waals surface area contributed by atoms with Gasteiger partial charge in [0, 0.05) is 18.4 Å². The van der Waals surface area contributed by atoms with E-state index in [0.29, 0.717) is 24.4 Å². The maximum atomic E-state index is 12.2. The van der Waals surface area contributed by atoms with Gasteiger partial charge in [0.05, 0.1) is 18.5 Å². The Hall–Kier alpha value is -3.35. The van der Waals surface area contributed by atoms with Gasteiger partial charge < -0.3 is 15.4 Å². The molecule has 0 spiro atoms. The fourth-order valence-corrected chi connectivity index (χ4v) is 2.95. The number of methoxy groups -OCH3 is 1. The van der Waals surface area contributed by atoms with Crippen molar-refractivity contribution in [2.75, 3.05) is 19.0 Å². The van der Waals surface area contributed by atoms with E-state index in [-0.39, 0.29) is 6.03 Å².